The van der Waals surface area contributed by atoms with Crippen LogP contribution in [0, 0.1) is 5.82 Å². The van der Waals surface area contributed by atoms with Gasteiger partial charge in [0.25, 0.3) is 0 Å². The molecule has 1 aromatic heterocycles. The summed E-state index contributed by atoms with van der Waals surface area (Å²) in [5.41, 5.74) is 8.31. The van der Waals surface area contributed by atoms with Crippen LogP contribution in [-0.2, 0) is 6.42 Å². The van der Waals surface area contributed by atoms with Crippen molar-refractivity contribution in [2.24, 2.45) is 0 Å². The van der Waals surface area contributed by atoms with Gasteiger partial charge in [-0.3, -0.25) is 0 Å². The molecular formula is C13H14BrFN2S. The van der Waals surface area contributed by atoms with Crippen LogP contribution in [0.5, 0.6) is 0 Å². The van der Waals surface area contributed by atoms with Crippen LogP contribution in [0.2, 0.25) is 0 Å². The van der Waals surface area contributed by atoms with Gasteiger partial charge in [-0.15, -0.1) is 0 Å². The number of rotatable bonds is 4. The molecule has 1 atom stereocenters. The summed E-state index contributed by atoms with van der Waals surface area (Å²) in [7, 11) is 0. The third-order valence-corrected chi connectivity index (χ3v) is 3.96. The first-order chi connectivity index (χ1) is 8.56. The second-order valence-electron chi connectivity index (χ2n) is 4.23. The quantitative estimate of drug-likeness (QED) is 0.822. The van der Waals surface area contributed by atoms with Crippen molar-refractivity contribution in [3.8, 4) is 0 Å². The molecule has 5 heteroatoms. The van der Waals surface area contributed by atoms with Gasteiger partial charge >= 0.3 is 0 Å². The standard InChI is InChI=1S/C13H14BrFN2S/c1-8(4-9-2-3-18-7-9)17-13-6-11(15)10(14)5-12(13)16/h2-3,5-8,17H,4,16H2,1H3. The fraction of sp³-hybridized carbons (Fsp3) is 0.231. The van der Waals surface area contributed by atoms with E-state index in [9.17, 15) is 4.39 Å². The summed E-state index contributed by atoms with van der Waals surface area (Å²) in [6.07, 6.45) is 0.890. The molecule has 2 rings (SSSR count). The first-order valence-electron chi connectivity index (χ1n) is 5.58. The summed E-state index contributed by atoms with van der Waals surface area (Å²) in [4.78, 5) is 0. The second-order valence-corrected chi connectivity index (χ2v) is 5.87. The number of anilines is 2. The van der Waals surface area contributed by atoms with Crippen LogP contribution in [0.1, 0.15) is 12.5 Å². The number of nitrogens with two attached hydrogens (primary N) is 1. The van der Waals surface area contributed by atoms with E-state index in [1.807, 2.05) is 0 Å². The van der Waals surface area contributed by atoms with Crippen LogP contribution in [0.4, 0.5) is 15.8 Å². The summed E-state index contributed by atoms with van der Waals surface area (Å²) < 4.78 is 13.8. The number of nitrogens with one attached hydrogen (secondary N) is 1. The zero-order valence-electron chi connectivity index (χ0n) is 9.91. The average Bonchev–Trinajstić information content (AvgIpc) is 2.78. The van der Waals surface area contributed by atoms with E-state index in [-0.39, 0.29) is 11.9 Å². The number of benzene rings is 1. The van der Waals surface area contributed by atoms with Gasteiger partial charge in [-0.05, 0) is 57.7 Å². The lowest BCUT2D eigenvalue weighted by molar-refractivity contribution is 0.621. The van der Waals surface area contributed by atoms with Gasteiger partial charge in [-0.25, -0.2) is 4.39 Å². The maximum absolute atomic E-state index is 13.4. The fourth-order valence-corrected chi connectivity index (χ4v) is 2.81. The summed E-state index contributed by atoms with van der Waals surface area (Å²) in [6, 6.07) is 5.29. The van der Waals surface area contributed by atoms with Crippen LogP contribution in [-0.4, -0.2) is 6.04 Å². The molecule has 0 aliphatic heterocycles. The Kier molecular flexibility index (Phi) is 4.24. The molecule has 0 saturated heterocycles. The third kappa shape index (κ3) is 3.23. The predicted molar refractivity (Wildman–Crippen MR) is 79.6 cm³/mol. The van der Waals surface area contributed by atoms with Crippen LogP contribution in [0.15, 0.2) is 33.4 Å². The molecule has 1 unspecified atom stereocenters. The molecule has 0 bridgehead atoms. The van der Waals surface area contributed by atoms with Crippen LogP contribution in [0.3, 0.4) is 0 Å². The van der Waals surface area contributed by atoms with Crippen molar-refractivity contribution in [3.05, 3.63) is 44.8 Å². The second kappa shape index (κ2) is 5.71. The highest BCUT2D eigenvalue weighted by Crippen LogP contribution is 2.27. The van der Waals surface area contributed by atoms with E-state index in [1.165, 1.54) is 11.6 Å². The molecule has 1 aromatic carbocycles. The van der Waals surface area contributed by atoms with Gasteiger partial charge in [0.1, 0.15) is 5.82 Å². The molecule has 0 amide bonds. The summed E-state index contributed by atoms with van der Waals surface area (Å²) in [5, 5.41) is 7.40. The minimum atomic E-state index is -0.311. The largest absolute Gasteiger partial charge is 0.397 e. The first kappa shape index (κ1) is 13.4. The number of nitrogen functional groups attached to an aromatic ring is 1. The Labute approximate surface area is 118 Å². The van der Waals surface area contributed by atoms with Gasteiger partial charge in [0, 0.05) is 12.1 Å². The van der Waals surface area contributed by atoms with Crippen molar-refractivity contribution < 1.29 is 4.39 Å². The first-order valence-corrected chi connectivity index (χ1v) is 7.32. The van der Waals surface area contributed by atoms with Crippen LogP contribution in [0.25, 0.3) is 0 Å². The maximum atomic E-state index is 13.4. The van der Waals surface area contributed by atoms with Gasteiger partial charge in [-0.2, -0.15) is 11.3 Å². The molecule has 2 aromatic rings. The number of hydrogen-bond donors (Lipinski definition) is 2. The van der Waals surface area contributed by atoms with Crippen LogP contribution >= 0.6 is 27.3 Å². The molecule has 0 saturated carbocycles. The molecule has 1 heterocycles. The lowest BCUT2D eigenvalue weighted by Crippen LogP contribution is -2.18. The molecule has 0 fully saturated rings. The summed E-state index contributed by atoms with van der Waals surface area (Å²) in [5.74, 6) is -0.311. The lowest BCUT2D eigenvalue weighted by Gasteiger charge is -2.16. The molecule has 96 valence electrons. The third-order valence-electron chi connectivity index (χ3n) is 2.62. The minimum Gasteiger partial charge on any atom is -0.397 e. The Hall–Kier alpha value is -1.07. The normalized spacial score (nSPS) is 12.4. The minimum absolute atomic E-state index is 0.197. The molecule has 0 aliphatic carbocycles. The van der Waals surface area contributed by atoms with Crippen molar-refractivity contribution in [2.45, 2.75) is 19.4 Å². The highest BCUT2D eigenvalue weighted by atomic mass is 79.9. The smallest absolute Gasteiger partial charge is 0.139 e. The van der Waals surface area contributed by atoms with E-state index in [2.05, 4.69) is 45.0 Å². The summed E-state index contributed by atoms with van der Waals surface area (Å²) >= 11 is 4.79. The van der Waals surface area contributed by atoms with Gasteiger partial charge in [0.15, 0.2) is 0 Å². The van der Waals surface area contributed by atoms with Gasteiger partial charge in [0.05, 0.1) is 15.8 Å². The topological polar surface area (TPSA) is 38.0 Å². The van der Waals surface area contributed by atoms with Gasteiger partial charge in [0.2, 0.25) is 0 Å². The van der Waals surface area contributed by atoms with Crippen molar-refractivity contribution >= 4 is 38.6 Å². The van der Waals surface area contributed by atoms with Crippen molar-refractivity contribution in [1.82, 2.24) is 0 Å². The van der Waals surface area contributed by atoms with E-state index in [0.29, 0.717) is 15.8 Å². The van der Waals surface area contributed by atoms with E-state index in [1.54, 1.807) is 17.4 Å². The predicted octanol–water partition coefficient (Wildman–Crippen LogP) is 4.28. The zero-order chi connectivity index (χ0) is 13.1. The Morgan fingerprint density at radius 2 is 2.28 bits per heavy atom. The number of thiophene rings is 1. The molecule has 0 aliphatic rings. The van der Waals surface area contributed by atoms with E-state index in [4.69, 9.17) is 5.73 Å². The van der Waals surface area contributed by atoms with Gasteiger partial charge < -0.3 is 11.1 Å². The molecule has 2 nitrogen and oxygen atoms in total. The highest BCUT2D eigenvalue weighted by molar-refractivity contribution is 9.10. The van der Waals surface area contributed by atoms with Gasteiger partial charge in [-0.1, -0.05) is 0 Å². The molecule has 18 heavy (non-hydrogen) atoms. The fourth-order valence-electron chi connectivity index (χ4n) is 1.77. The molecular weight excluding hydrogens is 315 g/mol. The zero-order valence-corrected chi connectivity index (χ0v) is 12.3. The van der Waals surface area contributed by atoms with Crippen molar-refractivity contribution in [1.29, 1.82) is 0 Å². The molecule has 3 N–H and O–H groups in total. The number of halogens is 2. The van der Waals surface area contributed by atoms with Crippen LogP contribution < -0.4 is 11.1 Å². The van der Waals surface area contributed by atoms with Crippen molar-refractivity contribution in [3.63, 3.8) is 0 Å². The lowest BCUT2D eigenvalue weighted by atomic mass is 10.1. The molecule has 0 radical (unpaired) electrons. The van der Waals surface area contributed by atoms with E-state index < -0.39 is 0 Å². The Bertz CT molecular complexity index is 528. The average molecular weight is 329 g/mol. The number of hydrogen-bond acceptors (Lipinski definition) is 3. The molecule has 0 spiro atoms. The van der Waals surface area contributed by atoms with Crippen molar-refractivity contribution in [2.75, 3.05) is 11.1 Å². The van der Waals surface area contributed by atoms with E-state index in [0.717, 1.165) is 6.42 Å². The summed E-state index contributed by atoms with van der Waals surface area (Å²) in [6.45, 7) is 2.05. The maximum Gasteiger partial charge on any atom is 0.139 e. The Morgan fingerprint density at radius 3 is 2.94 bits per heavy atom. The van der Waals surface area contributed by atoms with E-state index >= 15 is 0 Å². The Balaban J connectivity index is 2.07. The Morgan fingerprint density at radius 1 is 1.50 bits per heavy atom. The SMILES string of the molecule is CC(Cc1ccsc1)Nc1cc(F)c(Br)cc1N. The highest BCUT2D eigenvalue weighted by Gasteiger charge is 2.09. The monoisotopic (exact) mass is 328 g/mol.